The molecule has 3 amide bonds. The lowest BCUT2D eigenvalue weighted by molar-refractivity contribution is -0.122. The Morgan fingerprint density at radius 1 is 1.00 bits per heavy atom. The summed E-state index contributed by atoms with van der Waals surface area (Å²) in [4.78, 5) is 29.3. The summed E-state index contributed by atoms with van der Waals surface area (Å²) in [7, 11) is 1.55. The van der Waals surface area contributed by atoms with Gasteiger partial charge >= 0.3 is 6.03 Å². The zero-order valence-electron chi connectivity index (χ0n) is 20.7. The number of urea groups is 1. The van der Waals surface area contributed by atoms with Crippen molar-refractivity contribution in [2.45, 2.75) is 19.5 Å². The maximum Gasteiger partial charge on any atom is 0.318 e. The second kappa shape index (κ2) is 11.8. The van der Waals surface area contributed by atoms with Crippen LogP contribution in [0.1, 0.15) is 24.1 Å². The van der Waals surface area contributed by atoms with Crippen molar-refractivity contribution in [1.82, 2.24) is 15.6 Å². The molecule has 0 bridgehead atoms. The maximum absolute atomic E-state index is 13.5. The summed E-state index contributed by atoms with van der Waals surface area (Å²) < 4.78 is 5.66. The first-order valence-corrected chi connectivity index (χ1v) is 12.0. The number of nitrogens with one attached hydrogen (secondary N) is 4. The van der Waals surface area contributed by atoms with Crippen molar-refractivity contribution >= 4 is 39.9 Å². The fourth-order valence-corrected chi connectivity index (χ4v) is 3.95. The third-order valence-corrected chi connectivity index (χ3v) is 5.75. The molecule has 0 aliphatic carbocycles. The van der Waals surface area contributed by atoms with Gasteiger partial charge in [0, 0.05) is 36.6 Å². The van der Waals surface area contributed by atoms with Crippen LogP contribution < -0.4 is 31.7 Å². The average molecular weight is 499 g/mol. The Morgan fingerprint density at radius 3 is 2.65 bits per heavy atom. The molecule has 1 heterocycles. The molecular weight excluding hydrogens is 468 g/mol. The molecule has 9 nitrogen and oxygen atoms in total. The van der Waals surface area contributed by atoms with E-state index >= 15 is 0 Å². The molecule has 9 heteroatoms. The van der Waals surface area contributed by atoms with Crippen molar-refractivity contribution in [3.05, 3.63) is 90.1 Å². The first-order chi connectivity index (χ1) is 18.0. The minimum absolute atomic E-state index is 0.215. The number of anilines is 3. The van der Waals surface area contributed by atoms with Crippen LogP contribution in [0.2, 0.25) is 0 Å². The molecule has 4 aromatic rings. The van der Waals surface area contributed by atoms with Gasteiger partial charge in [0.05, 0.1) is 6.61 Å². The summed E-state index contributed by atoms with van der Waals surface area (Å²) in [5, 5.41) is 13.4. The summed E-state index contributed by atoms with van der Waals surface area (Å²) in [6.07, 6.45) is 1.66. The number of carbonyl (C=O) groups is 2. The number of nitrogen functional groups attached to an aromatic ring is 1. The quantitative estimate of drug-likeness (QED) is 0.232. The molecule has 6 N–H and O–H groups in total. The van der Waals surface area contributed by atoms with Gasteiger partial charge in [0.25, 0.3) is 0 Å². The lowest BCUT2D eigenvalue weighted by atomic mass is 10.0. The molecule has 1 aromatic heterocycles. The van der Waals surface area contributed by atoms with Crippen LogP contribution >= 0.6 is 0 Å². The van der Waals surface area contributed by atoms with Crippen LogP contribution in [-0.2, 0) is 11.3 Å². The first kappa shape index (κ1) is 25.3. The van der Waals surface area contributed by atoms with Crippen molar-refractivity contribution in [2.75, 3.05) is 30.0 Å². The van der Waals surface area contributed by atoms with E-state index in [0.29, 0.717) is 23.9 Å². The SMILES string of the molecule is CCOc1cccc(C(Nc2ccc3c(N)nccc3c2)C(=O)NCc2cccc(NC(=O)NC)c2)c1. The topological polar surface area (TPSA) is 130 Å². The van der Waals surface area contributed by atoms with Crippen molar-refractivity contribution in [3.63, 3.8) is 0 Å². The Balaban J connectivity index is 1.57. The lowest BCUT2D eigenvalue weighted by Gasteiger charge is -2.21. The molecule has 0 fully saturated rings. The van der Waals surface area contributed by atoms with E-state index < -0.39 is 6.04 Å². The van der Waals surface area contributed by atoms with Crippen LogP contribution in [-0.4, -0.2) is 30.6 Å². The number of nitrogens with zero attached hydrogens (tertiary/aromatic N) is 1. The van der Waals surface area contributed by atoms with E-state index in [9.17, 15) is 9.59 Å². The van der Waals surface area contributed by atoms with Crippen LogP contribution in [0, 0.1) is 0 Å². The van der Waals surface area contributed by atoms with Gasteiger partial charge in [-0.25, -0.2) is 9.78 Å². The number of hydrogen-bond donors (Lipinski definition) is 5. The summed E-state index contributed by atoms with van der Waals surface area (Å²) in [5.74, 6) is 0.925. The highest BCUT2D eigenvalue weighted by Gasteiger charge is 2.21. The third kappa shape index (κ3) is 6.46. The Hall–Kier alpha value is -4.79. The Labute approximate surface area is 215 Å². The van der Waals surface area contributed by atoms with E-state index in [2.05, 4.69) is 26.3 Å². The van der Waals surface area contributed by atoms with Crippen LogP contribution in [0.15, 0.2) is 79.0 Å². The normalized spacial score (nSPS) is 11.4. The predicted molar refractivity (Wildman–Crippen MR) is 146 cm³/mol. The Kier molecular flexibility index (Phi) is 8.05. The van der Waals surface area contributed by atoms with Crippen LogP contribution in [0.4, 0.5) is 22.0 Å². The largest absolute Gasteiger partial charge is 0.494 e. The minimum atomic E-state index is -0.691. The smallest absolute Gasteiger partial charge is 0.318 e. The molecule has 3 aromatic carbocycles. The van der Waals surface area contributed by atoms with E-state index in [4.69, 9.17) is 10.5 Å². The summed E-state index contributed by atoms with van der Waals surface area (Å²) in [5.41, 5.74) is 8.99. The number of carbonyl (C=O) groups excluding carboxylic acids is 2. The monoisotopic (exact) mass is 498 g/mol. The predicted octanol–water partition coefficient (Wildman–Crippen LogP) is 4.44. The number of hydrogen-bond acceptors (Lipinski definition) is 6. The third-order valence-electron chi connectivity index (χ3n) is 5.75. The number of rotatable bonds is 9. The van der Waals surface area contributed by atoms with E-state index in [1.165, 1.54) is 0 Å². The van der Waals surface area contributed by atoms with Crippen LogP contribution in [0.25, 0.3) is 10.8 Å². The van der Waals surface area contributed by atoms with Gasteiger partial charge in [0.2, 0.25) is 5.91 Å². The molecule has 0 spiro atoms. The van der Waals surface area contributed by atoms with E-state index in [1.54, 1.807) is 19.3 Å². The highest BCUT2D eigenvalue weighted by atomic mass is 16.5. The average Bonchev–Trinajstić information content (AvgIpc) is 2.91. The van der Waals surface area contributed by atoms with Gasteiger partial charge in [-0.2, -0.15) is 0 Å². The fourth-order valence-electron chi connectivity index (χ4n) is 3.95. The molecule has 0 saturated heterocycles. The molecule has 4 rings (SSSR count). The van der Waals surface area contributed by atoms with E-state index in [1.807, 2.05) is 73.7 Å². The highest BCUT2D eigenvalue weighted by molar-refractivity contribution is 5.94. The minimum Gasteiger partial charge on any atom is -0.494 e. The number of amides is 3. The fraction of sp³-hybridized carbons (Fsp3) is 0.179. The molecule has 0 saturated carbocycles. The van der Waals surface area contributed by atoms with Gasteiger partial charge in [-0.05, 0) is 72.0 Å². The molecule has 1 unspecified atom stereocenters. The second-order valence-corrected chi connectivity index (χ2v) is 8.34. The van der Waals surface area contributed by atoms with Crippen LogP contribution in [0.3, 0.4) is 0 Å². The summed E-state index contributed by atoms with van der Waals surface area (Å²) in [6, 6.07) is 21.3. The van der Waals surface area contributed by atoms with E-state index in [0.717, 1.165) is 27.6 Å². The number of benzene rings is 3. The summed E-state index contributed by atoms with van der Waals surface area (Å²) >= 11 is 0. The molecular formula is C28H30N6O3. The van der Waals surface area contributed by atoms with E-state index in [-0.39, 0.29) is 18.5 Å². The van der Waals surface area contributed by atoms with Crippen molar-refractivity contribution in [2.24, 2.45) is 0 Å². The van der Waals surface area contributed by atoms with Crippen LogP contribution in [0.5, 0.6) is 5.75 Å². The van der Waals surface area contributed by atoms with Gasteiger partial charge < -0.3 is 31.7 Å². The molecule has 190 valence electrons. The number of nitrogens with two attached hydrogens (primary N) is 1. The molecule has 0 aliphatic rings. The number of pyridine rings is 1. The van der Waals surface area contributed by atoms with Gasteiger partial charge in [0.1, 0.15) is 17.6 Å². The number of aromatic nitrogens is 1. The Bertz CT molecular complexity index is 1410. The number of ether oxygens (including phenoxy) is 1. The zero-order valence-corrected chi connectivity index (χ0v) is 20.7. The van der Waals surface area contributed by atoms with Gasteiger partial charge in [-0.3, -0.25) is 4.79 Å². The highest BCUT2D eigenvalue weighted by Crippen LogP contribution is 2.27. The maximum atomic E-state index is 13.5. The van der Waals surface area contributed by atoms with Gasteiger partial charge in [-0.15, -0.1) is 0 Å². The standard InChI is InChI=1S/C28H30N6O3/c1-3-37-23-9-5-7-20(16-23)25(33-22-10-11-24-19(15-22)12-13-31-26(24)29)27(35)32-17-18-6-4-8-21(14-18)34-28(36)30-2/h4-16,25,33H,3,17H2,1-2H3,(H2,29,31)(H,32,35)(H2,30,34,36). The second-order valence-electron chi connectivity index (χ2n) is 8.34. The summed E-state index contributed by atoms with van der Waals surface area (Å²) in [6.45, 7) is 2.72. The van der Waals surface area contributed by atoms with Gasteiger partial charge in [0.15, 0.2) is 0 Å². The first-order valence-electron chi connectivity index (χ1n) is 12.0. The Morgan fingerprint density at radius 2 is 1.84 bits per heavy atom. The van der Waals surface area contributed by atoms with Crippen molar-refractivity contribution < 1.29 is 14.3 Å². The lowest BCUT2D eigenvalue weighted by Crippen LogP contribution is -2.33. The molecule has 37 heavy (non-hydrogen) atoms. The number of fused-ring (bicyclic) bond motifs is 1. The zero-order chi connectivity index (χ0) is 26.2. The van der Waals surface area contributed by atoms with Gasteiger partial charge in [-0.1, -0.05) is 24.3 Å². The van der Waals surface area contributed by atoms with Crippen molar-refractivity contribution in [1.29, 1.82) is 0 Å². The molecule has 0 aliphatic heterocycles. The molecule has 1 atom stereocenters. The van der Waals surface area contributed by atoms with Crippen molar-refractivity contribution in [3.8, 4) is 5.75 Å². The molecule has 0 radical (unpaired) electrons.